The molecule has 2 N–H and O–H groups in total. The summed E-state index contributed by atoms with van der Waals surface area (Å²) in [5.74, 6) is 0. The van der Waals surface area contributed by atoms with Crippen LogP contribution in [0.15, 0.2) is 10.3 Å². The van der Waals surface area contributed by atoms with Crippen LogP contribution >= 0.6 is 0 Å². The summed E-state index contributed by atoms with van der Waals surface area (Å²) in [6.45, 7) is 0.881. The molecule has 6 heteroatoms. The minimum atomic E-state index is -1.15. The van der Waals surface area contributed by atoms with Crippen molar-refractivity contribution in [3.63, 3.8) is 0 Å². The van der Waals surface area contributed by atoms with Crippen molar-refractivity contribution in [2.45, 2.75) is 17.8 Å². The van der Waals surface area contributed by atoms with Crippen LogP contribution in [0.3, 0.4) is 0 Å². The van der Waals surface area contributed by atoms with E-state index in [1.165, 1.54) is 0 Å². The van der Waals surface area contributed by atoms with E-state index in [1.807, 2.05) is 0 Å². The molecule has 2 aliphatic heterocycles. The number of hydrogen-bond acceptors (Lipinski definition) is 4. The largest absolute Gasteiger partial charge is 0.279 e. The molecule has 0 aromatic carbocycles. The zero-order chi connectivity index (χ0) is 7.03. The van der Waals surface area contributed by atoms with Gasteiger partial charge in [0.05, 0.1) is 0 Å². The van der Waals surface area contributed by atoms with Crippen molar-refractivity contribution in [1.29, 1.82) is 0 Å². The number of nitrogens with zero attached hydrogens (tertiary/aromatic N) is 2. The van der Waals surface area contributed by atoms with Gasteiger partial charge in [-0.2, -0.15) is 0 Å². The molecule has 5 nitrogen and oxygen atoms in total. The highest BCUT2D eigenvalue weighted by Gasteiger charge is 2.43. The van der Waals surface area contributed by atoms with Crippen LogP contribution in [0.1, 0.15) is 12.8 Å². The molecule has 0 aromatic rings. The van der Waals surface area contributed by atoms with Gasteiger partial charge in [-0.3, -0.25) is 5.32 Å². The van der Waals surface area contributed by atoms with Crippen LogP contribution in [0.4, 0.5) is 0 Å². The van der Waals surface area contributed by atoms with Gasteiger partial charge < -0.3 is 0 Å². The van der Waals surface area contributed by atoms with E-state index in [0.29, 0.717) is 0 Å². The Balaban J connectivity index is 2.27. The molecular formula is C4H8N4OS. The quantitative estimate of drug-likeness (QED) is 0.509. The molecule has 0 saturated carbocycles. The number of hydrogen-bond donors (Lipinski definition) is 2. The third-order valence-corrected chi connectivity index (χ3v) is 3.03. The molecule has 0 aliphatic carbocycles. The highest BCUT2D eigenvalue weighted by Crippen LogP contribution is 2.26. The van der Waals surface area contributed by atoms with Gasteiger partial charge in [0, 0.05) is 6.42 Å². The Morgan fingerprint density at radius 2 is 2.50 bits per heavy atom. The second kappa shape index (κ2) is 2.00. The van der Waals surface area contributed by atoms with Crippen molar-refractivity contribution in [2.75, 3.05) is 6.54 Å². The van der Waals surface area contributed by atoms with Crippen molar-refractivity contribution in [3.05, 3.63) is 0 Å². The normalized spacial score (nSPS) is 44.6. The van der Waals surface area contributed by atoms with E-state index in [9.17, 15) is 4.21 Å². The van der Waals surface area contributed by atoms with Crippen LogP contribution in [0.2, 0.25) is 0 Å². The second-order valence-corrected chi connectivity index (χ2v) is 3.77. The number of nitrogens with one attached hydrogen (secondary N) is 2. The summed E-state index contributed by atoms with van der Waals surface area (Å²) in [6.07, 6.45) is 1.84. The van der Waals surface area contributed by atoms with Crippen LogP contribution in [-0.4, -0.2) is 15.7 Å². The molecule has 1 spiro atoms. The summed E-state index contributed by atoms with van der Waals surface area (Å²) in [4.78, 5) is 1.84. The Hall–Kier alpha value is -0.490. The van der Waals surface area contributed by atoms with Crippen molar-refractivity contribution in [1.82, 2.24) is 10.1 Å². The van der Waals surface area contributed by atoms with Crippen molar-refractivity contribution >= 4 is 11.0 Å². The summed E-state index contributed by atoms with van der Waals surface area (Å²) in [6, 6.07) is 0. The fourth-order valence-corrected chi connectivity index (χ4v) is 2.14. The van der Waals surface area contributed by atoms with Gasteiger partial charge in [-0.05, 0) is 13.0 Å². The molecule has 1 saturated heterocycles. The average Bonchev–Trinajstić information content (AvgIpc) is 2.48. The molecular weight excluding hydrogens is 152 g/mol. The van der Waals surface area contributed by atoms with E-state index in [4.69, 9.17) is 0 Å². The summed E-state index contributed by atoms with van der Waals surface area (Å²) < 4.78 is 11.1. The summed E-state index contributed by atoms with van der Waals surface area (Å²) >= 11 is 0. The topological polar surface area (TPSA) is 65.8 Å². The Morgan fingerprint density at radius 3 is 3.00 bits per heavy atom. The fraction of sp³-hybridized carbons (Fsp3) is 1.00. The van der Waals surface area contributed by atoms with Gasteiger partial charge in [-0.1, -0.05) is 5.22 Å². The van der Waals surface area contributed by atoms with Gasteiger partial charge in [-0.25, -0.2) is 9.04 Å². The zero-order valence-electron chi connectivity index (χ0n) is 5.33. The average molecular weight is 160 g/mol. The summed E-state index contributed by atoms with van der Waals surface area (Å²) in [7, 11) is -1.15. The van der Waals surface area contributed by atoms with Crippen LogP contribution in [0, 0.1) is 0 Å². The maximum Gasteiger partial charge on any atom is 0.229 e. The van der Waals surface area contributed by atoms with Gasteiger partial charge >= 0.3 is 0 Å². The second-order valence-electron chi connectivity index (χ2n) is 2.37. The van der Waals surface area contributed by atoms with Crippen LogP contribution < -0.4 is 10.1 Å². The highest BCUT2D eigenvalue weighted by molar-refractivity contribution is 7.84. The van der Waals surface area contributed by atoms with Crippen molar-refractivity contribution < 1.29 is 4.21 Å². The maximum absolute atomic E-state index is 11.1. The predicted octanol–water partition coefficient (Wildman–Crippen LogP) is -0.342. The first-order valence-electron chi connectivity index (χ1n) is 3.18. The third kappa shape index (κ3) is 0.688. The lowest BCUT2D eigenvalue weighted by molar-refractivity contribution is 0.536. The molecule has 10 heavy (non-hydrogen) atoms. The molecule has 2 heterocycles. The molecule has 2 aliphatic rings. The minimum Gasteiger partial charge on any atom is -0.279 e. The Labute approximate surface area is 60.8 Å². The first-order valence-corrected chi connectivity index (χ1v) is 4.33. The first kappa shape index (κ1) is 6.23. The molecule has 0 aromatic heterocycles. The number of rotatable bonds is 0. The molecule has 0 amide bonds. The van der Waals surface area contributed by atoms with E-state index < -0.39 is 16.0 Å². The van der Waals surface area contributed by atoms with E-state index in [-0.39, 0.29) is 0 Å². The van der Waals surface area contributed by atoms with Crippen LogP contribution in [0.25, 0.3) is 0 Å². The molecule has 2 unspecified atom stereocenters. The van der Waals surface area contributed by atoms with Gasteiger partial charge in [0.15, 0.2) is 11.0 Å². The minimum absolute atomic E-state index is 0.583. The standard InChI is InChI=1S/C4H8N4OS/c9-10-4(6-7-8-10)2-1-3-5-4/h5H,1-3H2,(H,6,8). The molecule has 0 bridgehead atoms. The van der Waals surface area contributed by atoms with Gasteiger partial charge in [0.25, 0.3) is 0 Å². The molecule has 56 valence electrons. The smallest absolute Gasteiger partial charge is 0.229 e. The SMILES string of the molecule is O=S1NN=NC12CCCN2. The van der Waals surface area contributed by atoms with Crippen molar-refractivity contribution in [2.24, 2.45) is 10.3 Å². The van der Waals surface area contributed by atoms with Crippen molar-refractivity contribution in [3.8, 4) is 0 Å². The van der Waals surface area contributed by atoms with Crippen LogP contribution in [-0.2, 0) is 11.0 Å². The van der Waals surface area contributed by atoms with Gasteiger partial charge in [0.1, 0.15) is 0 Å². The molecule has 2 rings (SSSR count). The summed E-state index contributed by atoms with van der Waals surface area (Å²) in [5, 5.41) is 10.4. The summed E-state index contributed by atoms with van der Waals surface area (Å²) in [5.41, 5.74) is 0. The fourth-order valence-electron chi connectivity index (χ4n) is 1.19. The van der Waals surface area contributed by atoms with Gasteiger partial charge in [0.2, 0.25) is 4.99 Å². The zero-order valence-corrected chi connectivity index (χ0v) is 6.15. The Kier molecular flexibility index (Phi) is 1.24. The maximum atomic E-state index is 11.1. The third-order valence-electron chi connectivity index (χ3n) is 1.74. The van der Waals surface area contributed by atoms with E-state index in [1.54, 1.807) is 0 Å². The monoisotopic (exact) mass is 160 g/mol. The molecule has 2 atom stereocenters. The predicted molar refractivity (Wildman–Crippen MR) is 36.1 cm³/mol. The highest BCUT2D eigenvalue weighted by atomic mass is 32.2. The lowest BCUT2D eigenvalue weighted by Gasteiger charge is -2.13. The first-order chi connectivity index (χ1) is 4.83. The van der Waals surface area contributed by atoms with E-state index >= 15 is 0 Å². The van der Waals surface area contributed by atoms with E-state index in [2.05, 4.69) is 20.5 Å². The lowest BCUT2D eigenvalue weighted by Crippen LogP contribution is -2.41. The Morgan fingerprint density at radius 1 is 1.60 bits per heavy atom. The molecule has 0 radical (unpaired) electrons. The lowest BCUT2D eigenvalue weighted by atomic mass is 10.3. The van der Waals surface area contributed by atoms with Crippen LogP contribution in [0.5, 0.6) is 0 Å². The van der Waals surface area contributed by atoms with E-state index in [0.717, 1.165) is 19.4 Å². The molecule has 1 fully saturated rings. The Bertz CT molecular complexity index is 197. The van der Waals surface area contributed by atoms with Gasteiger partial charge in [-0.15, -0.1) is 5.11 Å².